The van der Waals surface area contributed by atoms with E-state index in [0.717, 1.165) is 31.7 Å². The van der Waals surface area contributed by atoms with Gasteiger partial charge in [-0.15, -0.1) is 0 Å². The van der Waals surface area contributed by atoms with E-state index in [4.69, 9.17) is 15.4 Å². The lowest BCUT2D eigenvalue weighted by Gasteiger charge is -2.06. The highest BCUT2D eigenvalue weighted by atomic mass is 19.3. The van der Waals surface area contributed by atoms with E-state index in [0.29, 0.717) is 11.8 Å². The highest BCUT2D eigenvalue weighted by Gasteiger charge is 2.23. The van der Waals surface area contributed by atoms with Crippen molar-refractivity contribution in [3.05, 3.63) is 65.2 Å². The van der Waals surface area contributed by atoms with E-state index in [1.807, 2.05) is 0 Å². The molecule has 2 aliphatic carbocycles. The minimum absolute atomic E-state index is 0.0111. The Balaban J connectivity index is 0.000000220. The second-order valence-corrected chi connectivity index (χ2v) is 7.59. The van der Waals surface area contributed by atoms with Gasteiger partial charge in [0.25, 0.3) is 5.78 Å². The number of benzene rings is 2. The minimum atomic E-state index is -2.94. The number of alkyl halides is 4. The quantitative estimate of drug-likeness (QED) is 0.164. The van der Waals surface area contributed by atoms with Crippen LogP contribution in [-0.4, -0.2) is 59.7 Å². The van der Waals surface area contributed by atoms with Crippen LogP contribution in [-0.2, 0) is 4.74 Å². The molecule has 0 aliphatic heterocycles. The van der Waals surface area contributed by atoms with Crippen LogP contribution in [0.15, 0.2) is 48.5 Å². The molecule has 2 aromatic rings. The predicted molar refractivity (Wildman–Crippen MR) is 119 cm³/mol. The fourth-order valence-corrected chi connectivity index (χ4v) is 2.38. The van der Waals surface area contributed by atoms with Gasteiger partial charge in [0.15, 0.2) is 5.78 Å². The number of Topliss-reactive ketones (excluding diaryl/α,β-unsaturated/α-hetero) is 2. The Hall–Kier alpha value is -3.60. The predicted octanol–water partition coefficient (Wildman–Crippen LogP) is 4.56. The first-order valence-corrected chi connectivity index (χ1v) is 10.8. The van der Waals surface area contributed by atoms with Crippen LogP contribution in [0.1, 0.15) is 46.4 Å². The molecule has 0 radical (unpaired) electrons. The van der Waals surface area contributed by atoms with Crippen molar-refractivity contribution in [2.45, 2.75) is 51.1 Å². The molecule has 2 aliphatic rings. The molecule has 1 N–H and O–H groups in total. The fraction of sp³-hybridized carbons (Fsp3) is 0.375. The van der Waals surface area contributed by atoms with Crippen LogP contribution in [0.5, 0.6) is 11.5 Å². The lowest BCUT2D eigenvalue weighted by Crippen LogP contribution is -2.10. The van der Waals surface area contributed by atoms with Crippen LogP contribution in [0.4, 0.5) is 17.6 Å². The van der Waals surface area contributed by atoms with Crippen molar-refractivity contribution in [3.8, 4) is 11.5 Å². The fourth-order valence-electron chi connectivity index (χ4n) is 2.38. The summed E-state index contributed by atoms with van der Waals surface area (Å²) in [5.41, 5.74) is 8.54. The highest BCUT2D eigenvalue weighted by Crippen LogP contribution is 2.24. The number of aliphatic hydroxyl groups excluding tert-OH is 1. The summed E-state index contributed by atoms with van der Waals surface area (Å²) in [5, 5.41) is 8.17. The average molecular weight is 512 g/mol. The van der Waals surface area contributed by atoms with Crippen LogP contribution in [0.25, 0.3) is 5.53 Å². The molecule has 0 amide bonds. The Morgan fingerprint density at radius 2 is 1.44 bits per heavy atom. The molecule has 2 saturated carbocycles. The Labute approximate surface area is 204 Å². The molecule has 4 rings (SSSR count). The van der Waals surface area contributed by atoms with Gasteiger partial charge in [-0.3, -0.25) is 9.59 Å². The third kappa shape index (κ3) is 12.2. The van der Waals surface area contributed by atoms with Crippen LogP contribution < -0.4 is 9.47 Å². The van der Waals surface area contributed by atoms with Gasteiger partial charge in [-0.05, 0) is 49.9 Å². The zero-order chi connectivity index (χ0) is 26.5. The Morgan fingerprint density at radius 3 is 1.89 bits per heavy atom. The van der Waals surface area contributed by atoms with Gasteiger partial charge in [0.1, 0.15) is 18.1 Å². The normalized spacial score (nSPS) is 14.0. The second kappa shape index (κ2) is 14.7. The zero-order valence-electron chi connectivity index (χ0n) is 18.9. The molecular formula is C24H24F4N2O6. The van der Waals surface area contributed by atoms with E-state index in [9.17, 15) is 27.2 Å². The number of ether oxygens (including phenoxy) is 3. The van der Waals surface area contributed by atoms with Crippen LogP contribution in [0, 0.1) is 0 Å². The summed E-state index contributed by atoms with van der Waals surface area (Å²) < 4.78 is 61.2. The molecule has 0 heterocycles. The summed E-state index contributed by atoms with van der Waals surface area (Å²) in [6, 6.07) is 10.9. The Bertz CT molecular complexity index is 1050. The maximum Gasteiger partial charge on any atom is 0.387 e. The van der Waals surface area contributed by atoms with Gasteiger partial charge in [-0.2, -0.15) is 22.4 Å². The van der Waals surface area contributed by atoms with E-state index >= 15 is 0 Å². The van der Waals surface area contributed by atoms with Crippen molar-refractivity contribution in [3.63, 3.8) is 0 Å². The van der Waals surface area contributed by atoms with E-state index < -0.39 is 19.0 Å². The average Bonchev–Trinajstić information content (AvgIpc) is 3.76. The maximum absolute atomic E-state index is 12.0. The first-order valence-electron chi connectivity index (χ1n) is 10.8. The maximum atomic E-state index is 12.0. The molecular weight excluding hydrogens is 488 g/mol. The molecule has 0 unspecified atom stereocenters. The van der Waals surface area contributed by atoms with Crippen molar-refractivity contribution < 1.29 is 51.3 Å². The van der Waals surface area contributed by atoms with Crippen molar-refractivity contribution in [1.82, 2.24) is 0 Å². The number of rotatable bonds is 10. The molecule has 2 aromatic carbocycles. The number of carbonyl (C=O) groups is 2. The van der Waals surface area contributed by atoms with E-state index in [-0.39, 0.29) is 41.7 Å². The summed E-state index contributed by atoms with van der Waals surface area (Å²) in [4.78, 5) is 25.3. The first kappa shape index (κ1) is 28.6. The van der Waals surface area contributed by atoms with E-state index in [1.54, 1.807) is 6.07 Å². The van der Waals surface area contributed by atoms with Crippen molar-refractivity contribution >= 4 is 17.8 Å². The number of hydrogen-bond donors (Lipinski definition) is 1. The van der Waals surface area contributed by atoms with Gasteiger partial charge in [0, 0.05) is 11.1 Å². The number of aliphatic hydroxyl groups is 1. The topological polar surface area (TPSA) is 118 Å². The molecule has 0 saturated heterocycles. The smallest absolute Gasteiger partial charge is 0.387 e. The molecule has 194 valence electrons. The number of halogens is 4. The second-order valence-electron chi connectivity index (χ2n) is 7.59. The zero-order valence-corrected chi connectivity index (χ0v) is 18.9. The van der Waals surface area contributed by atoms with Gasteiger partial charge >= 0.3 is 19.4 Å². The van der Waals surface area contributed by atoms with Crippen LogP contribution in [0.3, 0.4) is 0 Å². The lowest BCUT2D eigenvalue weighted by molar-refractivity contribution is -0.0505. The van der Waals surface area contributed by atoms with E-state index in [2.05, 4.69) is 14.3 Å². The summed E-state index contributed by atoms with van der Waals surface area (Å²) in [7, 11) is 0. The largest absolute Gasteiger partial charge is 0.435 e. The van der Waals surface area contributed by atoms with E-state index in [1.165, 1.54) is 36.4 Å². The van der Waals surface area contributed by atoms with Gasteiger partial charge in [-0.25, -0.2) is 0 Å². The molecule has 8 nitrogen and oxygen atoms in total. The highest BCUT2D eigenvalue weighted by molar-refractivity contribution is 6.33. The van der Waals surface area contributed by atoms with Gasteiger partial charge in [-0.1, -0.05) is 24.3 Å². The number of carbonyl (C=O) groups excluding carboxylic acids is 2. The van der Waals surface area contributed by atoms with Gasteiger partial charge < -0.3 is 24.8 Å². The number of hydrogen-bond acceptors (Lipinski definition) is 6. The number of ketones is 2. The minimum Gasteiger partial charge on any atom is -0.435 e. The summed E-state index contributed by atoms with van der Waals surface area (Å²) in [6.07, 6.45) is 5.00. The van der Waals surface area contributed by atoms with Crippen molar-refractivity contribution in [2.24, 2.45) is 0 Å². The van der Waals surface area contributed by atoms with Crippen molar-refractivity contribution in [2.75, 3.05) is 6.61 Å². The van der Waals surface area contributed by atoms with Crippen LogP contribution in [0.2, 0.25) is 0 Å². The summed E-state index contributed by atoms with van der Waals surface area (Å²) in [5.74, 6) is -0.965. The van der Waals surface area contributed by atoms with Gasteiger partial charge in [0.05, 0.1) is 12.2 Å². The van der Waals surface area contributed by atoms with Crippen molar-refractivity contribution in [1.29, 1.82) is 0 Å². The third-order valence-electron chi connectivity index (χ3n) is 4.42. The number of nitrogens with zero attached hydrogens (tertiary/aromatic N) is 2. The summed E-state index contributed by atoms with van der Waals surface area (Å²) in [6.45, 7) is -5.84. The molecule has 0 aromatic heterocycles. The van der Waals surface area contributed by atoms with Gasteiger partial charge in [0.2, 0.25) is 0 Å². The third-order valence-corrected chi connectivity index (χ3v) is 4.42. The molecule has 0 spiro atoms. The van der Waals surface area contributed by atoms with Crippen LogP contribution >= 0.6 is 0 Å². The Morgan fingerprint density at radius 1 is 0.944 bits per heavy atom. The molecule has 36 heavy (non-hydrogen) atoms. The monoisotopic (exact) mass is 512 g/mol. The first-order chi connectivity index (χ1) is 17.2. The molecule has 12 heteroatoms. The standard InChI is InChI=1S/C12H12F2O3.C9H6F2N2O2.C3H6O/c13-12(14)17-10-3-1-2-8(6-10)11(15)7-16-9-4-5-9;10-9(11)15-7-3-1-2-6(4-7)8(14)5-13-12;4-3-1-2-3/h1-3,6,9,12H,4-5,7H2;1-5,9H;3-4H,1-2H2. The molecule has 2 fully saturated rings. The Kier molecular flexibility index (Phi) is 11.7. The SMILES string of the molecule is O=C(COC1CC1)c1cccc(OC(F)F)c1.OC1CC1.[N-]=[N+]=CC(=O)c1cccc(OC(F)F)c1. The summed E-state index contributed by atoms with van der Waals surface area (Å²) >= 11 is 0. The lowest BCUT2D eigenvalue weighted by atomic mass is 10.1. The molecule has 0 bridgehead atoms. The molecule has 0 atom stereocenters.